The number of amides is 4. The van der Waals surface area contributed by atoms with Crippen molar-refractivity contribution in [3.8, 4) is 5.75 Å². The number of carbonyl (C=O) groups excluding carboxylic acids is 4. The van der Waals surface area contributed by atoms with Gasteiger partial charge in [0, 0.05) is 5.56 Å². The molecule has 0 radical (unpaired) electrons. The van der Waals surface area contributed by atoms with Crippen LogP contribution in [0.15, 0.2) is 84.9 Å². The summed E-state index contributed by atoms with van der Waals surface area (Å²) < 4.78 is 5.46. The molecule has 0 aromatic heterocycles. The van der Waals surface area contributed by atoms with Gasteiger partial charge in [0.15, 0.2) is 6.61 Å². The number of para-hydroxylation sites is 2. The van der Waals surface area contributed by atoms with Gasteiger partial charge in [0.25, 0.3) is 17.7 Å². The molecular weight excluding hydrogens is 434 g/mol. The third-order valence-corrected chi connectivity index (χ3v) is 5.32. The second-order valence-corrected chi connectivity index (χ2v) is 7.80. The third kappa shape index (κ3) is 4.96. The Labute approximate surface area is 196 Å². The van der Waals surface area contributed by atoms with E-state index in [0.29, 0.717) is 11.4 Å². The first-order chi connectivity index (χ1) is 16.4. The van der Waals surface area contributed by atoms with Crippen LogP contribution in [0.25, 0.3) is 0 Å². The fraction of sp³-hybridized carbons (Fsp3) is 0.154. The van der Waals surface area contributed by atoms with Crippen molar-refractivity contribution in [3.63, 3.8) is 0 Å². The van der Waals surface area contributed by atoms with Gasteiger partial charge in [0.2, 0.25) is 5.91 Å². The first kappa shape index (κ1) is 22.7. The molecule has 1 N–H and O–H groups in total. The Hall–Kier alpha value is -4.46. The normalized spacial score (nSPS) is 15.2. The number of hydrogen-bond donors (Lipinski definition) is 1. The van der Waals surface area contributed by atoms with Crippen LogP contribution in [0.3, 0.4) is 0 Å². The lowest BCUT2D eigenvalue weighted by atomic mass is 10.1. The van der Waals surface area contributed by atoms with E-state index in [0.717, 1.165) is 15.5 Å². The first-order valence-corrected chi connectivity index (χ1v) is 10.7. The van der Waals surface area contributed by atoms with Crippen molar-refractivity contribution < 1.29 is 23.9 Å². The molecule has 4 amide bonds. The van der Waals surface area contributed by atoms with Crippen molar-refractivity contribution in [1.82, 2.24) is 10.4 Å². The highest BCUT2D eigenvalue weighted by atomic mass is 16.5. The van der Waals surface area contributed by atoms with E-state index in [1.807, 2.05) is 13.0 Å². The molecule has 3 aromatic carbocycles. The van der Waals surface area contributed by atoms with Crippen molar-refractivity contribution in [3.05, 3.63) is 96.1 Å². The fourth-order valence-corrected chi connectivity index (χ4v) is 3.60. The summed E-state index contributed by atoms with van der Waals surface area (Å²) in [5.41, 5.74) is 4.11. The van der Waals surface area contributed by atoms with Gasteiger partial charge in [-0.25, -0.2) is 9.91 Å². The first-order valence-electron chi connectivity index (χ1n) is 10.7. The molecule has 0 saturated carbocycles. The number of benzene rings is 3. The van der Waals surface area contributed by atoms with Crippen LogP contribution < -0.4 is 15.1 Å². The van der Waals surface area contributed by atoms with E-state index < -0.39 is 29.7 Å². The average molecular weight is 457 g/mol. The summed E-state index contributed by atoms with van der Waals surface area (Å²) in [6.07, 6.45) is -0.259. The minimum absolute atomic E-state index is 0.259. The monoisotopic (exact) mass is 457 g/mol. The Bertz CT molecular complexity index is 1200. The summed E-state index contributed by atoms with van der Waals surface area (Å²) in [6.45, 7) is 1.50. The number of nitrogens with zero attached hydrogens (tertiary/aromatic N) is 2. The van der Waals surface area contributed by atoms with Crippen LogP contribution in [-0.4, -0.2) is 41.3 Å². The standard InChI is InChI=1S/C26H23N3O5/c1-18-12-14-19(15-13-18)25(32)29(27-23(30)17-34-21-10-6-3-7-11-21)22-16-24(31)28(26(22)33)20-8-4-2-5-9-20/h2-15,22H,16-17H2,1H3,(H,27,30). The number of aryl methyl sites for hydroxylation is 1. The summed E-state index contributed by atoms with van der Waals surface area (Å²) in [6, 6.07) is 22.7. The minimum Gasteiger partial charge on any atom is -0.484 e. The molecule has 8 nitrogen and oxygen atoms in total. The van der Waals surface area contributed by atoms with E-state index in [2.05, 4.69) is 5.43 Å². The number of anilines is 1. The molecule has 34 heavy (non-hydrogen) atoms. The van der Waals surface area contributed by atoms with Gasteiger partial charge in [0.1, 0.15) is 11.8 Å². The summed E-state index contributed by atoms with van der Waals surface area (Å²) in [7, 11) is 0. The van der Waals surface area contributed by atoms with E-state index in [9.17, 15) is 19.2 Å². The highest BCUT2D eigenvalue weighted by molar-refractivity contribution is 6.23. The molecule has 0 bridgehead atoms. The zero-order valence-corrected chi connectivity index (χ0v) is 18.5. The SMILES string of the molecule is Cc1ccc(C(=O)N(NC(=O)COc2ccccc2)C2CC(=O)N(c3ccccc3)C2=O)cc1. The second-order valence-electron chi connectivity index (χ2n) is 7.80. The summed E-state index contributed by atoms with van der Waals surface area (Å²) in [5.74, 6) is -1.81. The minimum atomic E-state index is -1.19. The van der Waals surface area contributed by atoms with Gasteiger partial charge >= 0.3 is 0 Å². The molecule has 1 atom stereocenters. The number of hydrazine groups is 1. The van der Waals surface area contributed by atoms with E-state index in [4.69, 9.17) is 4.74 Å². The van der Waals surface area contributed by atoms with Crippen molar-refractivity contribution in [2.75, 3.05) is 11.5 Å². The molecule has 0 spiro atoms. The maximum Gasteiger partial charge on any atom is 0.276 e. The third-order valence-electron chi connectivity index (χ3n) is 5.32. The molecule has 1 saturated heterocycles. The molecule has 172 valence electrons. The van der Waals surface area contributed by atoms with Gasteiger partial charge in [-0.15, -0.1) is 0 Å². The predicted molar refractivity (Wildman–Crippen MR) is 125 cm³/mol. The molecule has 1 fully saturated rings. The highest BCUT2D eigenvalue weighted by Gasteiger charge is 2.45. The van der Waals surface area contributed by atoms with Crippen LogP contribution in [0.5, 0.6) is 5.75 Å². The number of imide groups is 1. The zero-order valence-electron chi connectivity index (χ0n) is 18.5. The fourth-order valence-electron chi connectivity index (χ4n) is 3.60. The van der Waals surface area contributed by atoms with Crippen LogP contribution in [0.1, 0.15) is 22.3 Å². The van der Waals surface area contributed by atoms with Crippen LogP contribution in [0, 0.1) is 6.92 Å². The predicted octanol–water partition coefficient (Wildman–Crippen LogP) is 2.88. The van der Waals surface area contributed by atoms with Gasteiger partial charge < -0.3 is 4.74 Å². The molecule has 0 aliphatic carbocycles. The van der Waals surface area contributed by atoms with Crippen LogP contribution in [0.2, 0.25) is 0 Å². The molecule has 1 unspecified atom stereocenters. The average Bonchev–Trinajstić information content (AvgIpc) is 3.15. The summed E-state index contributed by atoms with van der Waals surface area (Å²) in [5, 5.41) is 0.935. The molecule has 4 rings (SSSR count). The number of nitrogens with one attached hydrogen (secondary N) is 1. The molecule has 3 aromatic rings. The molecule has 1 aliphatic heterocycles. The van der Waals surface area contributed by atoms with E-state index >= 15 is 0 Å². The van der Waals surface area contributed by atoms with Crippen LogP contribution in [-0.2, 0) is 14.4 Å². The van der Waals surface area contributed by atoms with Crippen LogP contribution >= 0.6 is 0 Å². The van der Waals surface area contributed by atoms with Crippen molar-refractivity contribution in [2.45, 2.75) is 19.4 Å². The molecule has 1 heterocycles. The highest BCUT2D eigenvalue weighted by Crippen LogP contribution is 2.26. The topological polar surface area (TPSA) is 96.0 Å². The Morgan fingerprint density at radius 1 is 0.941 bits per heavy atom. The van der Waals surface area contributed by atoms with E-state index in [-0.39, 0.29) is 18.6 Å². The largest absolute Gasteiger partial charge is 0.484 e. The second kappa shape index (κ2) is 9.99. The molecule has 1 aliphatic rings. The number of rotatable bonds is 6. The van der Waals surface area contributed by atoms with Crippen molar-refractivity contribution >= 4 is 29.3 Å². The lowest BCUT2D eigenvalue weighted by molar-refractivity contribution is -0.130. The van der Waals surface area contributed by atoms with Gasteiger partial charge in [-0.2, -0.15) is 0 Å². The van der Waals surface area contributed by atoms with E-state index in [1.54, 1.807) is 78.9 Å². The van der Waals surface area contributed by atoms with Gasteiger partial charge in [0.05, 0.1) is 12.1 Å². The number of carbonyl (C=O) groups is 4. The Morgan fingerprint density at radius 2 is 1.56 bits per heavy atom. The molecular formula is C26H23N3O5. The smallest absolute Gasteiger partial charge is 0.276 e. The lowest BCUT2D eigenvalue weighted by Crippen LogP contribution is -2.55. The van der Waals surface area contributed by atoms with Crippen molar-refractivity contribution in [2.24, 2.45) is 0 Å². The number of ether oxygens (including phenoxy) is 1. The zero-order chi connectivity index (χ0) is 24.1. The van der Waals surface area contributed by atoms with Crippen molar-refractivity contribution in [1.29, 1.82) is 0 Å². The van der Waals surface area contributed by atoms with Gasteiger partial charge in [-0.05, 0) is 43.3 Å². The Kier molecular flexibility index (Phi) is 6.68. The van der Waals surface area contributed by atoms with Crippen LogP contribution in [0.4, 0.5) is 5.69 Å². The van der Waals surface area contributed by atoms with Gasteiger partial charge in [-0.3, -0.25) is 24.6 Å². The maximum absolute atomic E-state index is 13.3. The number of hydrogen-bond acceptors (Lipinski definition) is 5. The quantitative estimate of drug-likeness (QED) is 0.454. The van der Waals surface area contributed by atoms with E-state index in [1.165, 1.54) is 0 Å². The maximum atomic E-state index is 13.3. The summed E-state index contributed by atoms with van der Waals surface area (Å²) >= 11 is 0. The molecule has 8 heteroatoms. The summed E-state index contributed by atoms with van der Waals surface area (Å²) in [4.78, 5) is 53.0. The Balaban J connectivity index is 1.57. The Morgan fingerprint density at radius 3 is 2.21 bits per heavy atom. The van der Waals surface area contributed by atoms with Gasteiger partial charge in [-0.1, -0.05) is 54.1 Å². The lowest BCUT2D eigenvalue weighted by Gasteiger charge is -2.28.